The molecule has 1 fully saturated rings. The van der Waals surface area contributed by atoms with E-state index in [1.54, 1.807) is 0 Å². The molecule has 0 aliphatic carbocycles. The summed E-state index contributed by atoms with van der Waals surface area (Å²) in [6.45, 7) is 0.143. The molecule has 0 unspecified atom stereocenters. The van der Waals surface area contributed by atoms with Gasteiger partial charge in [0.25, 0.3) is 0 Å². The molecule has 0 radical (unpaired) electrons. The highest BCUT2D eigenvalue weighted by molar-refractivity contribution is 7.92. The summed E-state index contributed by atoms with van der Waals surface area (Å²) in [4.78, 5) is 0. The summed E-state index contributed by atoms with van der Waals surface area (Å²) in [5.74, 6) is -1.62. The van der Waals surface area contributed by atoms with Crippen LogP contribution in [0.2, 0.25) is 0 Å². The van der Waals surface area contributed by atoms with Crippen LogP contribution in [0.25, 0.3) is 0 Å². The van der Waals surface area contributed by atoms with Crippen LogP contribution in [0.3, 0.4) is 0 Å². The van der Waals surface area contributed by atoms with Crippen molar-refractivity contribution in [3.63, 3.8) is 0 Å². The number of hydrogen-bond acceptors (Lipinski definition) is 3. The number of halogens is 2. The molecule has 0 amide bonds. The van der Waals surface area contributed by atoms with Crippen LogP contribution in [0.5, 0.6) is 0 Å². The van der Waals surface area contributed by atoms with E-state index in [1.165, 1.54) is 12.1 Å². The molecule has 0 aromatic heterocycles. The molecule has 1 heterocycles. The van der Waals surface area contributed by atoms with Gasteiger partial charge in [-0.25, -0.2) is 17.2 Å². The summed E-state index contributed by atoms with van der Waals surface area (Å²) in [5.41, 5.74) is 0.212. The lowest BCUT2D eigenvalue weighted by Gasteiger charge is -2.26. The zero-order valence-corrected chi connectivity index (χ0v) is 9.23. The van der Waals surface area contributed by atoms with Crippen LogP contribution in [0.1, 0.15) is 5.56 Å². The van der Waals surface area contributed by atoms with Gasteiger partial charge in [0.1, 0.15) is 0 Å². The van der Waals surface area contributed by atoms with E-state index in [0.29, 0.717) is 0 Å². The molecule has 0 bridgehead atoms. The van der Waals surface area contributed by atoms with E-state index >= 15 is 0 Å². The highest BCUT2D eigenvalue weighted by Crippen LogP contribution is 2.14. The fourth-order valence-corrected chi connectivity index (χ4v) is 2.99. The van der Waals surface area contributed by atoms with Crippen molar-refractivity contribution in [1.82, 2.24) is 5.32 Å². The third-order valence-electron chi connectivity index (χ3n) is 2.52. The Morgan fingerprint density at radius 1 is 1.31 bits per heavy atom. The van der Waals surface area contributed by atoms with Crippen LogP contribution in [-0.4, -0.2) is 26.0 Å². The Kier molecular flexibility index (Phi) is 2.94. The molecule has 2 rings (SSSR count). The highest BCUT2D eigenvalue weighted by atomic mass is 32.2. The molecule has 1 aromatic carbocycles. The lowest BCUT2D eigenvalue weighted by Crippen LogP contribution is -2.50. The molecule has 6 heteroatoms. The van der Waals surface area contributed by atoms with Crippen molar-refractivity contribution >= 4 is 9.84 Å². The maximum absolute atomic E-state index is 13.2. The first-order valence-electron chi connectivity index (χ1n) is 4.84. The molecule has 1 aliphatic heterocycles. The number of benzene rings is 1. The van der Waals surface area contributed by atoms with E-state index in [-0.39, 0.29) is 29.7 Å². The molecule has 3 nitrogen and oxygen atoms in total. The van der Waals surface area contributed by atoms with Gasteiger partial charge in [0.2, 0.25) is 0 Å². The molecule has 0 saturated carbocycles. The first-order valence-corrected chi connectivity index (χ1v) is 6.67. The van der Waals surface area contributed by atoms with Gasteiger partial charge in [0.15, 0.2) is 21.5 Å². The Morgan fingerprint density at radius 3 is 2.62 bits per heavy atom. The lowest BCUT2D eigenvalue weighted by molar-refractivity contribution is 0.477. The van der Waals surface area contributed by atoms with Crippen molar-refractivity contribution in [2.24, 2.45) is 0 Å². The second-order valence-electron chi connectivity index (χ2n) is 3.87. The van der Waals surface area contributed by atoms with Crippen LogP contribution >= 0.6 is 0 Å². The van der Waals surface area contributed by atoms with Gasteiger partial charge in [-0.2, -0.15) is 0 Å². The van der Waals surface area contributed by atoms with Gasteiger partial charge in [0, 0.05) is 18.2 Å². The first-order chi connectivity index (χ1) is 7.48. The van der Waals surface area contributed by atoms with Crippen LogP contribution in [0, 0.1) is 11.6 Å². The normalized spacial score (nSPS) is 19.4. The summed E-state index contributed by atoms with van der Waals surface area (Å²) in [6, 6.07) is 3.80. The van der Waals surface area contributed by atoms with Crippen molar-refractivity contribution in [3.05, 3.63) is 35.4 Å². The van der Waals surface area contributed by atoms with Crippen LogP contribution < -0.4 is 5.32 Å². The Morgan fingerprint density at radius 2 is 2.00 bits per heavy atom. The van der Waals surface area contributed by atoms with Crippen LogP contribution in [0.15, 0.2) is 18.2 Å². The molecule has 1 aliphatic rings. The van der Waals surface area contributed by atoms with Gasteiger partial charge in [-0.05, 0) is 6.07 Å². The number of rotatable bonds is 3. The summed E-state index contributed by atoms with van der Waals surface area (Å²) in [6.07, 6.45) is 0. The Balaban J connectivity index is 1.93. The minimum absolute atomic E-state index is 0.0733. The Bertz CT molecular complexity index is 490. The summed E-state index contributed by atoms with van der Waals surface area (Å²) >= 11 is 0. The van der Waals surface area contributed by atoms with E-state index < -0.39 is 21.5 Å². The third kappa shape index (κ3) is 2.38. The molecule has 0 atom stereocenters. The fraction of sp³-hybridized carbons (Fsp3) is 0.400. The smallest absolute Gasteiger partial charge is 0.163 e. The quantitative estimate of drug-likeness (QED) is 0.861. The predicted molar refractivity (Wildman–Crippen MR) is 55.6 cm³/mol. The van der Waals surface area contributed by atoms with E-state index in [4.69, 9.17) is 0 Å². The van der Waals surface area contributed by atoms with Gasteiger partial charge in [-0.1, -0.05) is 12.1 Å². The third-order valence-corrected chi connectivity index (χ3v) is 4.34. The van der Waals surface area contributed by atoms with Crippen molar-refractivity contribution in [2.75, 3.05) is 11.5 Å². The predicted octanol–water partition coefficient (Wildman–Crippen LogP) is 0.851. The molecular weight excluding hydrogens is 236 g/mol. The van der Waals surface area contributed by atoms with E-state index in [0.717, 1.165) is 6.07 Å². The minimum atomic E-state index is -2.88. The second-order valence-corrected chi connectivity index (χ2v) is 6.02. The van der Waals surface area contributed by atoms with Crippen LogP contribution in [-0.2, 0) is 16.4 Å². The molecule has 88 valence electrons. The molecule has 1 saturated heterocycles. The van der Waals surface area contributed by atoms with Crippen molar-refractivity contribution in [3.8, 4) is 0 Å². The standard InChI is InChI=1S/C10H11F2NO2S/c11-9-3-1-2-7(10(9)12)4-13-8-5-16(14,15)6-8/h1-3,8,13H,4-6H2. The molecule has 16 heavy (non-hydrogen) atoms. The number of nitrogens with one attached hydrogen (secondary N) is 1. The van der Waals surface area contributed by atoms with Crippen molar-refractivity contribution in [2.45, 2.75) is 12.6 Å². The van der Waals surface area contributed by atoms with Gasteiger partial charge in [0.05, 0.1) is 11.5 Å². The van der Waals surface area contributed by atoms with E-state index in [9.17, 15) is 17.2 Å². The maximum Gasteiger partial charge on any atom is 0.163 e. The average molecular weight is 247 g/mol. The van der Waals surface area contributed by atoms with Crippen molar-refractivity contribution in [1.29, 1.82) is 0 Å². The maximum atomic E-state index is 13.2. The molecule has 1 aromatic rings. The Hall–Kier alpha value is -1.01. The van der Waals surface area contributed by atoms with Gasteiger partial charge < -0.3 is 5.32 Å². The largest absolute Gasteiger partial charge is 0.308 e. The van der Waals surface area contributed by atoms with Gasteiger partial charge in [-0.3, -0.25) is 0 Å². The monoisotopic (exact) mass is 247 g/mol. The lowest BCUT2D eigenvalue weighted by atomic mass is 10.2. The highest BCUT2D eigenvalue weighted by Gasteiger charge is 2.32. The summed E-state index contributed by atoms with van der Waals surface area (Å²) < 4.78 is 47.7. The topological polar surface area (TPSA) is 46.2 Å². The minimum Gasteiger partial charge on any atom is -0.308 e. The number of hydrogen-bond donors (Lipinski definition) is 1. The van der Waals surface area contributed by atoms with Crippen LogP contribution in [0.4, 0.5) is 8.78 Å². The van der Waals surface area contributed by atoms with Gasteiger partial charge >= 0.3 is 0 Å². The summed E-state index contributed by atoms with van der Waals surface area (Å²) in [5, 5.41) is 2.87. The summed E-state index contributed by atoms with van der Waals surface area (Å²) in [7, 11) is -2.88. The second kappa shape index (κ2) is 4.10. The molecule has 1 N–H and O–H groups in total. The zero-order valence-electron chi connectivity index (χ0n) is 8.41. The molecule has 0 spiro atoms. The van der Waals surface area contributed by atoms with Gasteiger partial charge in [-0.15, -0.1) is 0 Å². The number of sulfone groups is 1. The van der Waals surface area contributed by atoms with E-state index in [1.807, 2.05) is 0 Å². The zero-order chi connectivity index (χ0) is 11.8. The average Bonchev–Trinajstić information content (AvgIpc) is 2.17. The Labute approximate surface area is 92.4 Å². The van der Waals surface area contributed by atoms with Crippen molar-refractivity contribution < 1.29 is 17.2 Å². The molecular formula is C10H11F2NO2S. The van der Waals surface area contributed by atoms with E-state index in [2.05, 4.69) is 5.32 Å². The SMILES string of the molecule is O=S1(=O)CC(NCc2cccc(F)c2F)C1. The first kappa shape index (κ1) is 11.5. The fourth-order valence-electron chi connectivity index (χ4n) is 1.62.